The van der Waals surface area contributed by atoms with Gasteiger partial charge in [0.2, 0.25) is 11.7 Å². The number of hydrogen-bond acceptors (Lipinski definition) is 5. The van der Waals surface area contributed by atoms with Crippen LogP contribution in [0.5, 0.6) is 17.2 Å². The highest BCUT2D eigenvalue weighted by molar-refractivity contribution is 5.96. The Bertz CT molecular complexity index is 710. The van der Waals surface area contributed by atoms with Gasteiger partial charge in [0.15, 0.2) is 11.5 Å². The summed E-state index contributed by atoms with van der Waals surface area (Å²) >= 11 is 0. The zero-order valence-electron chi connectivity index (χ0n) is 17.9. The normalized spacial score (nSPS) is 18.5. The smallest absolute Gasteiger partial charge is 0.254 e. The molecule has 0 aromatic heterocycles. The first-order chi connectivity index (χ1) is 14.0. The molecule has 7 heteroatoms. The van der Waals surface area contributed by atoms with Crippen LogP contribution in [0.15, 0.2) is 12.1 Å². The molecular formula is C22H32N2O5. The van der Waals surface area contributed by atoms with E-state index in [1.807, 2.05) is 9.80 Å². The molecule has 1 aromatic rings. The van der Waals surface area contributed by atoms with Gasteiger partial charge >= 0.3 is 0 Å². The molecule has 0 unspecified atom stereocenters. The molecule has 2 heterocycles. The number of likely N-dealkylation sites (tertiary alicyclic amines) is 2. The molecule has 29 heavy (non-hydrogen) atoms. The maximum atomic E-state index is 13.0. The van der Waals surface area contributed by atoms with Crippen LogP contribution in [-0.4, -0.2) is 69.1 Å². The molecule has 3 rings (SSSR count). The third-order valence-corrected chi connectivity index (χ3v) is 6.14. The molecule has 1 aromatic carbocycles. The van der Waals surface area contributed by atoms with Crippen LogP contribution in [0, 0.1) is 11.8 Å². The summed E-state index contributed by atoms with van der Waals surface area (Å²) < 4.78 is 16.0. The monoisotopic (exact) mass is 404 g/mol. The number of ether oxygens (including phenoxy) is 3. The summed E-state index contributed by atoms with van der Waals surface area (Å²) in [6, 6.07) is 3.35. The van der Waals surface area contributed by atoms with Gasteiger partial charge in [0.25, 0.3) is 5.91 Å². The first kappa shape index (κ1) is 21.3. The Morgan fingerprint density at radius 2 is 1.34 bits per heavy atom. The van der Waals surface area contributed by atoms with E-state index in [1.54, 1.807) is 12.1 Å². The average molecular weight is 405 g/mol. The van der Waals surface area contributed by atoms with Crippen molar-refractivity contribution in [2.75, 3.05) is 47.5 Å². The molecule has 7 nitrogen and oxygen atoms in total. The van der Waals surface area contributed by atoms with Gasteiger partial charge in [-0.2, -0.15) is 0 Å². The average Bonchev–Trinajstić information content (AvgIpc) is 2.77. The molecule has 0 N–H and O–H groups in total. The second-order valence-electron chi connectivity index (χ2n) is 7.99. The van der Waals surface area contributed by atoms with Crippen LogP contribution in [0.3, 0.4) is 0 Å². The van der Waals surface area contributed by atoms with Gasteiger partial charge in [-0.25, -0.2) is 0 Å². The molecule has 2 aliphatic heterocycles. The van der Waals surface area contributed by atoms with Gasteiger partial charge < -0.3 is 24.0 Å². The van der Waals surface area contributed by atoms with E-state index in [9.17, 15) is 9.59 Å². The second-order valence-corrected chi connectivity index (χ2v) is 7.99. The number of amides is 2. The van der Waals surface area contributed by atoms with Crippen molar-refractivity contribution in [2.45, 2.75) is 32.6 Å². The number of piperidine rings is 2. The van der Waals surface area contributed by atoms with Crippen LogP contribution >= 0.6 is 0 Å². The zero-order valence-corrected chi connectivity index (χ0v) is 17.9. The van der Waals surface area contributed by atoms with Crippen molar-refractivity contribution in [3.8, 4) is 17.2 Å². The van der Waals surface area contributed by atoms with Crippen LogP contribution in [0.4, 0.5) is 0 Å². The lowest BCUT2D eigenvalue weighted by molar-refractivity contribution is -0.138. The van der Waals surface area contributed by atoms with Crippen molar-refractivity contribution in [3.05, 3.63) is 17.7 Å². The number of carbonyl (C=O) groups excluding carboxylic acids is 2. The lowest BCUT2D eigenvalue weighted by Gasteiger charge is -2.36. The van der Waals surface area contributed by atoms with Gasteiger partial charge in [-0.3, -0.25) is 9.59 Å². The minimum absolute atomic E-state index is 0.0207. The quantitative estimate of drug-likeness (QED) is 0.755. The number of rotatable bonds is 5. The van der Waals surface area contributed by atoms with E-state index < -0.39 is 0 Å². The molecule has 0 saturated carbocycles. The SMILES string of the molecule is COc1cc(C(=O)N2CCC(C(=O)N3CCC(C)CC3)CC2)cc(OC)c1OC. The van der Waals surface area contributed by atoms with Crippen molar-refractivity contribution in [1.29, 1.82) is 0 Å². The fourth-order valence-corrected chi connectivity index (χ4v) is 4.20. The molecule has 0 aliphatic carbocycles. The van der Waals surface area contributed by atoms with Gasteiger partial charge in [0.1, 0.15) is 0 Å². The fraction of sp³-hybridized carbons (Fsp3) is 0.636. The molecule has 0 spiro atoms. The molecule has 0 atom stereocenters. The zero-order chi connectivity index (χ0) is 21.0. The van der Waals surface area contributed by atoms with E-state index in [2.05, 4.69) is 6.92 Å². The van der Waals surface area contributed by atoms with Crippen molar-refractivity contribution >= 4 is 11.8 Å². The summed E-state index contributed by atoms with van der Waals surface area (Å²) in [7, 11) is 4.60. The summed E-state index contributed by atoms with van der Waals surface area (Å²) in [6.07, 6.45) is 3.59. The van der Waals surface area contributed by atoms with Gasteiger partial charge in [0.05, 0.1) is 21.3 Å². The standard InChI is InChI=1S/C22H32N2O5/c1-15-5-9-23(10-6-15)21(25)16-7-11-24(12-8-16)22(26)17-13-18(27-2)20(29-4)19(14-17)28-3/h13-16H,5-12H2,1-4H3. The minimum atomic E-state index is -0.0815. The Morgan fingerprint density at radius 1 is 0.828 bits per heavy atom. The maximum Gasteiger partial charge on any atom is 0.254 e. The number of carbonyl (C=O) groups is 2. The molecular weight excluding hydrogens is 372 g/mol. The van der Waals surface area contributed by atoms with E-state index in [0.29, 0.717) is 54.7 Å². The van der Waals surface area contributed by atoms with Crippen LogP contribution in [0.25, 0.3) is 0 Å². The first-order valence-electron chi connectivity index (χ1n) is 10.4. The van der Waals surface area contributed by atoms with Crippen LogP contribution in [0.2, 0.25) is 0 Å². The predicted molar refractivity (Wildman–Crippen MR) is 110 cm³/mol. The van der Waals surface area contributed by atoms with Crippen LogP contribution in [0.1, 0.15) is 43.0 Å². The van der Waals surface area contributed by atoms with Crippen LogP contribution < -0.4 is 14.2 Å². The Hall–Kier alpha value is -2.44. The summed E-state index contributed by atoms with van der Waals surface area (Å²) in [5, 5.41) is 0. The summed E-state index contributed by atoms with van der Waals surface area (Å²) in [5.74, 6) is 2.29. The highest BCUT2D eigenvalue weighted by Gasteiger charge is 2.32. The highest BCUT2D eigenvalue weighted by Crippen LogP contribution is 2.38. The molecule has 2 amide bonds. The van der Waals surface area contributed by atoms with E-state index >= 15 is 0 Å². The van der Waals surface area contributed by atoms with E-state index in [-0.39, 0.29) is 17.7 Å². The van der Waals surface area contributed by atoms with Crippen molar-refractivity contribution in [3.63, 3.8) is 0 Å². The van der Waals surface area contributed by atoms with Crippen LogP contribution in [-0.2, 0) is 4.79 Å². The molecule has 0 radical (unpaired) electrons. The molecule has 2 aliphatic rings. The third kappa shape index (κ3) is 4.60. The Kier molecular flexibility index (Phi) is 6.87. The van der Waals surface area contributed by atoms with Crippen molar-refractivity contribution in [2.24, 2.45) is 11.8 Å². The highest BCUT2D eigenvalue weighted by atomic mass is 16.5. The maximum absolute atomic E-state index is 13.0. The lowest BCUT2D eigenvalue weighted by atomic mass is 9.92. The number of nitrogens with zero attached hydrogens (tertiary/aromatic N) is 2. The Morgan fingerprint density at radius 3 is 1.83 bits per heavy atom. The Labute approximate surface area is 172 Å². The largest absolute Gasteiger partial charge is 0.493 e. The molecule has 2 saturated heterocycles. The summed E-state index contributed by atoms with van der Waals surface area (Å²) in [6.45, 7) is 5.14. The van der Waals surface area contributed by atoms with Crippen molar-refractivity contribution < 1.29 is 23.8 Å². The minimum Gasteiger partial charge on any atom is -0.493 e. The van der Waals surface area contributed by atoms with Gasteiger partial charge in [0, 0.05) is 37.7 Å². The number of hydrogen-bond donors (Lipinski definition) is 0. The summed E-state index contributed by atoms with van der Waals surface area (Å²) in [4.78, 5) is 29.7. The topological polar surface area (TPSA) is 68.3 Å². The van der Waals surface area contributed by atoms with Gasteiger partial charge in [-0.1, -0.05) is 6.92 Å². The van der Waals surface area contributed by atoms with Gasteiger partial charge in [-0.15, -0.1) is 0 Å². The lowest BCUT2D eigenvalue weighted by Crippen LogP contribution is -2.46. The second kappa shape index (κ2) is 9.37. The molecule has 160 valence electrons. The predicted octanol–water partition coefficient (Wildman–Crippen LogP) is 2.82. The van der Waals surface area contributed by atoms with E-state index in [0.717, 1.165) is 25.9 Å². The Balaban J connectivity index is 1.63. The number of methoxy groups -OCH3 is 3. The van der Waals surface area contributed by atoms with E-state index in [1.165, 1.54) is 21.3 Å². The summed E-state index contributed by atoms with van der Waals surface area (Å²) in [5.41, 5.74) is 0.495. The first-order valence-corrected chi connectivity index (χ1v) is 10.4. The van der Waals surface area contributed by atoms with E-state index in [4.69, 9.17) is 14.2 Å². The third-order valence-electron chi connectivity index (χ3n) is 6.14. The molecule has 0 bridgehead atoms. The van der Waals surface area contributed by atoms with Crippen molar-refractivity contribution in [1.82, 2.24) is 9.80 Å². The molecule has 2 fully saturated rings. The van der Waals surface area contributed by atoms with Gasteiger partial charge in [-0.05, 0) is 43.7 Å². The number of benzene rings is 1. The fourth-order valence-electron chi connectivity index (χ4n) is 4.20.